The predicted molar refractivity (Wildman–Crippen MR) is 88.1 cm³/mol. The molecule has 0 radical (unpaired) electrons. The molecule has 0 saturated heterocycles. The lowest BCUT2D eigenvalue weighted by Gasteiger charge is -1.97. The molecular weight excluding hydrogens is 276 g/mol. The summed E-state index contributed by atoms with van der Waals surface area (Å²) in [4.78, 5) is 11.0. The highest BCUT2D eigenvalue weighted by molar-refractivity contribution is 5.87. The molecular formula is C19H14O3. The summed E-state index contributed by atoms with van der Waals surface area (Å²) in [5.74, 6) is 0.350. The molecule has 0 bridgehead atoms. The maximum absolute atomic E-state index is 11.0. The van der Waals surface area contributed by atoms with Gasteiger partial charge in [0.15, 0.2) is 0 Å². The van der Waals surface area contributed by atoms with Crippen LogP contribution in [-0.2, 0) is 0 Å². The molecule has 3 nitrogen and oxygen atoms in total. The quantitative estimate of drug-likeness (QED) is 0.524. The van der Waals surface area contributed by atoms with Gasteiger partial charge in [-0.05, 0) is 29.0 Å². The minimum Gasteiger partial charge on any atom is -0.507 e. The molecule has 108 valence electrons. The molecule has 1 N–H and O–H groups in total. The third-order valence-corrected chi connectivity index (χ3v) is 3.37. The average molecular weight is 290 g/mol. The van der Waals surface area contributed by atoms with Crippen LogP contribution in [-0.4, -0.2) is 5.11 Å². The second kappa shape index (κ2) is 6.14. The Morgan fingerprint density at radius 2 is 1.27 bits per heavy atom. The third kappa shape index (κ3) is 2.83. The van der Waals surface area contributed by atoms with Crippen molar-refractivity contribution >= 4 is 21.5 Å². The van der Waals surface area contributed by atoms with E-state index in [-0.39, 0.29) is 5.63 Å². The fourth-order valence-electron chi connectivity index (χ4n) is 2.27. The molecule has 0 atom stereocenters. The number of rotatable bonds is 0. The summed E-state index contributed by atoms with van der Waals surface area (Å²) in [7, 11) is 0. The van der Waals surface area contributed by atoms with Crippen LogP contribution in [0.1, 0.15) is 0 Å². The number of phenolic OH excluding ortho intramolecular Hbond substituents is 1. The van der Waals surface area contributed by atoms with Crippen molar-refractivity contribution in [1.29, 1.82) is 0 Å². The second-order valence-corrected chi connectivity index (χ2v) is 4.79. The van der Waals surface area contributed by atoms with E-state index in [0.717, 1.165) is 16.2 Å². The van der Waals surface area contributed by atoms with E-state index in [0.29, 0.717) is 11.1 Å². The van der Waals surface area contributed by atoms with Crippen LogP contribution in [0.25, 0.3) is 21.5 Å². The van der Waals surface area contributed by atoms with Crippen molar-refractivity contribution in [3.63, 3.8) is 0 Å². The summed E-state index contributed by atoms with van der Waals surface area (Å²) in [6.45, 7) is 0. The van der Waals surface area contributed by atoms with Gasteiger partial charge in [-0.2, -0.15) is 0 Å². The minimum atomic E-state index is -0.275. The largest absolute Gasteiger partial charge is 0.507 e. The Labute approximate surface area is 127 Å². The predicted octanol–water partition coefficient (Wildman–Crippen LogP) is 4.34. The molecule has 0 saturated carbocycles. The number of hydrogen-bond donors (Lipinski definition) is 1. The van der Waals surface area contributed by atoms with E-state index in [1.807, 2.05) is 54.6 Å². The molecule has 1 heterocycles. The van der Waals surface area contributed by atoms with Crippen LogP contribution in [0, 0.1) is 0 Å². The Kier molecular flexibility index (Phi) is 3.88. The van der Waals surface area contributed by atoms with Gasteiger partial charge in [0.25, 0.3) is 0 Å². The average Bonchev–Trinajstić information content (AvgIpc) is 2.57. The fraction of sp³-hybridized carbons (Fsp3) is 0. The molecule has 22 heavy (non-hydrogen) atoms. The normalized spacial score (nSPS) is 10.2. The van der Waals surface area contributed by atoms with Crippen LogP contribution in [0.4, 0.5) is 0 Å². The molecule has 0 amide bonds. The highest BCUT2D eigenvalue weighted by Gasteiger charge is 1.95. The third-order valence-electron chi connectivity index (χ3n) is 3.37. The van der Waals surface area contributed by atoms with Crippen molar-refractivity contribution in [3.8, 4) is 5.75 Å². The molecule has 4 aromatic rings. The zero-order chi connectivity index (χ0) is 15.4. The van der Waals surface area contributed by atoms with Gasteiger partial charge in [-0.3, -0.25) is 0 Å². The van der Waals surface area contributed by atoms with E-state index < -0.39 is 0 Å². The molecule has 1 aromatic heterocycles. The Hall–Kier alpha value is -3.07. The summed E-state index contributed by atoms with van der Waals surface area (Å²) < 4.78 is 4.68. The highest BCUT2D eigenvalue weighted by Crippen LogP contribution is 2.22. The Balaban J connectivity index is 0.000000131. The van der Waals surface area contributed by atoms with Crippen molar-refractivity contribution in [3.05, 3.63) is 89.5 Å². The van der Waals surface area contributed by atoms with Gasteiger partial charge in [-0.15, -0.1) is 0 Å². The topological polar surface area (TPSA) is 50.4 Å². The summed E-state index contributed by atoms with van der Waals surface area (Å²) in [5.41, 5.74) is -0.275. The first-order chi connectivity index (χ1) is 10.8. The van der Waals surface area contributed by atoms with E-state index >= 15 is 0 Å². The van der Waals surface area contributed by atoms with E-state index in [9.17, 15) is 9.90 Å². The maximum Gasteiger partial charge on any atom is 0.343 e. The lowest BCUT2D eigenvalue weighted by atomic mass is 10.1. The summed E-state index contributed by atoms with van der Waals surface area (Å²) >= 11 is 0. The molecule has 0 aliphatic heterocycles. The van der Waals surface area contributed by atoms with Gasteiger partial charge in [0.2, 0.25) is 0 Å². The van der Waals surface area contributed by atoms with Gasteiger partial charge >= 0.3 is 5.63 Å². The SMILES string of the molecule is O=c1occc2ccccc12.Oc1cccc2ccccc12. The monoisotopic (exact) mass is 290 g/mol. The molecule has 3 heteroatoms. The molecule has 0 spiro atoms. The zero-order valence-corrected chi connectivity index (χ0v) is 11.8. The summed E-state index contributed by atoms with van der Waals surface area (Å²) in [6, 6.07) is 22.4. The van der Waals surface area contributed by atoms with Gasteiger partial charge in [-0.1, -0.05) is 54.6 Å². The van der Waals surface area contributed by atoms with Gasteiger partial charge < -0.3 is 9.52 Å². The number of hydrogen-bond acceptors (Lipinski definition) is 3. The van der Waals surface area contributed by atoms with Gasteiger partial charge in [0.1, 0.15) is 5.75 Å². The van der Waals surface area contributed by atoms with Crippen LogP contribution < -0.4 is 5.63 Å². The van der Waals surface area contributed by atoms with Crippen LogP contribution in [0.15, 0.2) is 88.3 Å². The first-order valence-electron chi connectivity index (χ1n) is 6.89. The smallest absolute Gasteiger partial charge is 0.343 e. The van der Waals surface area contributed by atoms with Crippen LogP contribution in [0.5, 0.6) is 5.75 Å². The highest BCUT2D eigenvalue weighted by atomic mass is 16.4. The van der Waals surface area contributed by atoms with E-state index in [1.165, 1.54) is 6.26 Å². The Morgan fingerprint density at radius 1 is 0.682 bits per heavy atom. The molecule has 0 aliphatic carbocycles. The Bertz CT molecular complexity index is 960. The van der Waals surface area contributed by atoms with Crippen molar-refractivity contribution in [1.82, 2.24) is 0 Å². The minimum absolute atomic E-state index is 0.275. The maximum atomic E-state index is 11.0. The van der Waals surface area contributed by atoms with Gasteiger partial charge in [-0.25, -0.2) is 4.79 Å². The van der Waals surface area contributed by atoms with Crippen LogP contribution in [0.2, 0.25) is 0 Å². The van der Waals surface area contributed by atoms with Crippen molar-refractivity contribution in [2.24, 2.45) is 0 Å². The number of fused-ring (bicyclic) bond motifs is 2. The lowest BCUT2D eigenvalue weighted by molar-refractivity contribution is 0.481. The molecule has 0 aliphatic rings. The van der Waals surface area contributed by atoms with Gasteiger partial charge in [0, 0.05) is 5.39 Å². The number of aromatic hydroxyl groups is 1. The van der Waals surface area contributed by atoms with Crippen molar-refractivity contribution in [2.75, 3.05) is 0 Å². The first kappa shape index (κ1) is 13.9. The summed E-state index contributed by atoms with van der Waals surface area (Å²) in [6.07, 6.45) is 1.41. The first-order valence-corrected chi connectivity index (χ1v) is 6.89. The van der Waals surface area contributed by atoms with Crippen LogP contribution in [0.3, 0.4) is 0 Å². The summed E-state index contributed by atoms with van der Waals surface area (Å²) in [5, 5.41) is 12.9. The lowest BCUT2D eigenvalue weighted by Crippen LogP contribution is -1.96. The molecule has 3 aromatic carbocycles. The fourth-order valence-corrected chi connectivity index (χ4v) is 2.27. The van der Waals surface area contributed by atoms with Gasteiger partial charge in [0.05, 0.1) is 11.6 Å². The number of phenols is 1. The Morgan fingerprint density at radius 3 is 1.95 bits per heavy atom. The number of benzene rings is 3. The zero-order valence-electron chi connectivity index (χ0n) is 11.8. The van der Waals surface area contributed by atoms with E-state index in [2.05, 4.69) is 4.42 Å². The van der Waals surface area contributed by atoms with E-state index in [4.69, 9.17) is 0 Å². The second-order valence-electron chi connectivity index (χ2n) is 4.79. The molecule has 0 fully saturated rings. The van der Waals surface area contributed by atoms with E-state index in [1.54, 1.807) is 18.2 Å². The van der Waals surface area contributed by atoms with Crippen LogP contribution >= 0.6 is 0 Å². The van der Waals surface area contributed by atoms with Crippen molar-refractivity contribution in [2.45, 2.75) is 0 Å². The van der Waals surface area contributed by atoms with Crippen molar-refractivity contribution < 1.29 is 9.52 Å². The standard InChI is InChI=1S/C10H8O.C9H6O2/c11-10-7-3-5-8-4-1-2-6-9(8)10;10-9-8-4-2-1-3-7(8)5-6-11-9/h1-7,11H;1-6H. The molecule has 4 rings (SSSR count). The molecule has 0 unspecified atom stereocenters.